The van der Waals surface area contributed by atoms with E-state index in [4.69, 9.17) is 5.73 Å². The van der Waals surface area contributed by atoms with Crippen molar-refractivity contribution in [2.75, 3.05) is 23.7 Å². The van der Waals surface area contributed by atoms with Crippen molar-refractivity contribution in [3.8, 4) is 0 Å². The second kappa shape index (κ2) is 5.17. The lowest BCUT2D eigenvalue weighted by Gasteiger charge is -2.21. The summed E-state index contributed by atoms with van der Waals surface area (Å²) < 4.78 is 0. The fourth-order valence-electron chi connectivity index (χ4n) is 2.35. The van der Waals surface area contributed by atoms with Crippen molar-refractivity contribution in [2.45, 2.75) is 27.7 Å². The van der Waals surface area contributed by atoms with Gasteiger partial charge in [0.25, 0.3) is 4.83 Å². The Bertz CT molecular complexity index is 629. The van der Waals surface area contributed by atoms with Crippen LogP contribution in [0.4, 0.5) is 11.4 Å². The number of nitrogens with zero attached hydrogens (tertiary/aromatic N) is 1. The van der Waals surface area contributed by atoms with E-state index in [-0.39, 0.29) is 5.78 Å². The molecule has 2 heterocycles. The maximum absolute atomic E-state index is 11.6. The van der Waals surface area contributed by atoms with E-state index in [9.17, 15) is 4.79 Å². The first-order valence-corrected chi connectivity index (χ1v) is 7.32. The monoisotopic (exact) mass is 278 g/mol. The van der Waals surface area contributed by atoms with E-state index in [0.29, 0.717) is 10.6 Å². The Labute approximate surface area is 117 Å². The van der Waals surface area contributed by atoms with E-state index in [2.05, 4.69) is 29.8 Å². The Morgan fingerprint density at radius 2 is 2.05 bits per heavy atom. The highest BCUT2D eigenvalue weighted by Crippen LogP contribution is 2.38. The van der Waals surface area contributed by atoms with Crippen molar-refractivity contribution in [3.63, 3.8) is 0 Å². The average Bonchev–Trinajstić information content (AvgIpc) is 2.68. The zero-order valence-corrected chi connectivity index (χ0v) is 12.6. The lowest BCUT2D eigenvalue weighted by Crippen LogP contribution is -2.23. The van der Waals surface area contributed by atoms with Crippen molar-refractivity contribution in [2.24, 2.45) is 0 Å². The number of ketones is 1. The van der Waals surface area contributed by atoms with Crippen molar-refractivity contribution in [1.82, 2.24) is 0 Å². The molecule has 102 valence electrons. The summed E-state index contributed by atoms with van der Waals surface area (Å²) in [6, 6.07) is 2.10. The molecule has 2 aromatic heterocycles. The van der Waals surface area contributed by atoms with Gasteiger partial charge in [-0.05, 0) is 13.8 Å². The molecule has 4 nitrogen and oxygen atoms in total. The molecule has 0 aliphatic heterocycles. The number of nitrogens with two attached hydrogens (primary N) is 1. The molecule has 3 N–H and O–H groups in total. The Morgan fingerprint density at radius 1 is 1.42 bits per heavy atom. The molecule has 2 aromatic rings. The lowest BCUT2D eigenvalue weighted by atomic mass is 10.1. The third-order valence-electron chi connectivity index (χ3n) is 3.29. The zero-order valence-electron chi connectivity index (χ0n) is 11.8. The Morgan fingerprint density at radius 3 is 2.58 bits per heavy atom. The Hall–Kier alpha value is -1.62. The first kappa shape index (κ1) is 13.8. The number of nitrogen functional groups attached to an aromatic ring is 1. The predicted octanol–water partition coefficient (Wildman–Crippen LogP) is 2.65. The molecule has 0 saturated heterocycles. The van der Waals surface area contributed by atoms with Crippen LogP contribution in [-0.2, 0) is 0 Å². The summed E-state index contributed by atoms with van der Waals surface area (Å²) >= 11 is 1.44. The van der Waals surface area contributed by atoms with Gasteiger partial charge < -0.3 is 10.6 Å². The summed E-state index contributed by atoms with van der Waals surface area (Å²) in [4.78, 5) is 18.8. The van der Waals surface area contributed by atoms with Gasteiger partial charge in [-0.15, -0.1) is 0 Å². The number of aryl methyl sites for hydroxylation is 1. The van der Waals surface area contributed by atoms with Crippen LogP contribution in [0.3, 0.4) is 0 Å². The van der Waals surface area contributed by atoms with Crippen LogP contribution >= 0.6 is 11.3 Å². The van der Waals surface area contributed by atoms with Crippen molar-refractivity contribution in [3.05, 3.63) is 16.6 Å². The van der Waals surface area contributed by atoms with Crippen LogP contribution in [0.15, 0.2) is 6.07 Å². The minimum atomic E-state index is 0.0234. The topological polar surface area (TPSA) is 60.5 Å². The summed E-state index contributed by atoms with van der Waals surface area (Å²) in [5.74, 6) is 0.0234. The summed E-state index contributed by atoms with van der Waals surface area (Å²) in [6.07, 6.45) is 0. The van der Waals surface area contributed by atoms with Crippen molar-refractivity contribution in [1.29, 1.82) is 0 Å². The highest BCUT2D eigenvalue weighted by Gasteiger charge is 2.23. The van der Waals surface area contributed by atoms with Crippen LogP contribution in [0.1, 0.15) is 36.1 Å². The number of H-pyrrole nitrogens is 1. The molecular weight excluding hydrogens is 258 g/mol. The summed E-state index contributed by atoms with van der Waals surface area (Å²) in [5, 5.41) is 0.976. The largest absolute Gasteiger partial charge is 0.397 e. The molecule has 0 aliphatic carbocycles. The number of hydrogen-bond donors (Lipinski definition) is 1. The SMILES string of the molecule is CCN(CC)c1cc(C)[nH+]c2sc(C(C)=O)c(N)c12. The first-order chi connectivity index (χ1) is 8.99. The minimum Gasteiger partial charge on any atom is -0.397 e. The zero-order chi connectivity index (χ0) is 14.2. The average molecular weight is 278 g/mol. The molecule has 0 bridgehead atoms. The van der Waals surface area contributed by atoms with E-state index < -0.39 is 0 Å². The molecule has 0 spiro atoms. The number of aromatic nitrogens is 1. The molecule has 0 amide bonds. The van der Waals surface area contributed by atoms with Gasteiger partial charge in [-0.25, -0.2) is 0 Å². The third kappa shape index (κ3) is 2.30. The van der Waals surface area contributed by atoms with E-state index in [1.807, 2.05) is 6.92 Å². The number of rotatable bonds is 4. The van der Waals surface area contributed by atoms with E-state index in [0.717, 1.165) is 34.7 Å². The van der Waals surface area contributed by atoms with Crippen LogP contribution < -0.4 is 15.6 Å². The molecule has 0 radical (unpaired) electrons. The number of pyridine rings is 1. The van der Waals surface area contributed by atoms with Crippen molar-refractivity contribution < 1.29 is 9.78 Å². The highest BCUT2D eigenvalue weighted by molar-refractivity contribution is 7.20. The molecule has 0 atom stereocenters. The number of hydrogen-bond acceptors (Lipinski definition) is 4. The highest BCUT2D eigenvalue weighted by atomic mass is 32.1. The second-order valence-corrected chi connectivity index (χ2v) is 5.64. The van der Waals surface area contributed by atoms with Crippen LogP contribution in [0.25, 0.3) is 10.2 Å². The minimum absolute atomic E-state index is 0.0234. The van der Waals surface area contributed by atoms with E-state index in [1.54, 1.807) is 6.92 Å². The molecule has 19 heavy (non-hydrogen) atoms. The van der Waals surface area contributed by atoms with Crippen LogP contribution in [0, 0.1) is 6.92 Å². The van der Waals surface area contributed by atoms with Gasteiger partial charge in [0.15, 0.2) is 11.5 Å². The van der Waals surface area contributed by atoms with E-state index >= 15 is 0 Å². The normalized spacial score (nSPS) is 10.9. The van der Waals surface area contributed by atoms with Gasteiger partial charge >= 0.3 is 0 Å². The predicted molar refractivity (Wildman–Crippen MR) is 81.1 cm³/mol. The maximum Gasteiger partial charge on any atom is 0.272 e. The summed E-state index contributed by atoms with van der Waals surface area (Å²) in [7, 11) is 0. The summed E-state index contributed by atoms with van der Waals surface area (Å²) in [5.41, 5.74) is 8.97. The molecule has 2 rings (SSSR count). The molecule has 0 aromatic carbocycles. The third-order valence-corrected chi connectivity index (χ3v) is 4.51. The molecule has 0 fully saturated rings. The number of carbonyl (C=O) groups excluding carboxylic acids is 1. The fraction of sp³-hybridized carbons (Fsp3) is 0.429. The molecule has 0 saturated carbocycles. The number of carbonyl (C=O) groups is 1. The molecule has 0 aliphatic rings. The van der Waals surface area contributed by atoms with Crippen molar-refractivity contribution >= 4 is 38.7 Å². The lowest BCUT2D eigenvalue weighted by molar-refractivity contribution is -0.351. The summed E-state index contributed by atoms with van der Waals surface area (Å²) in [6.45, 7) is 9.66. The van der Waals surface area contributed by atoms with Gasteiger partial charge in [-0.1, -0.05) is 11.3 Å². The maximum atomic E-state index is 11.6. The number of nitrogens with one attached hydrogen (secondary N) is 1. The molecule has 0 unspecified atom stereocenters. The van der Waals surface area contributed by atoms with Crippen LogP contribution in [0.2, 0.25) is 0 Å². The van der Waals surface area contributed by atoms with Gasteiger partial charge in [0, 0.05) is 33.0 Å². The number of thiophene rings is 1. The standard InChI is InChI=1S/C14H19N3OS/c1-5-17(6-2)10-7-8(3)16-14-11(10)12(15)13(19-14)9(4)18/h7H,5-6,15H2,1-4H3/p+1. The number of fused-ring (bicyclic) bond motifs is 1. The molecular formula is C14H20N3OS+. The van der Waals surface area contributed by atoms with Crippen LogP contribution in [-0.4, -0.2) is 18.9 Å². The van der Waals surface area contributed by atoms with Gasteiger partial charge in [-0.3, -0.25) is 4.79 Å². The van der Waals surface area contributed by atoms with Crippen LogP contribution in [0.5, 0.6) is 0 Å². The fourth-order valence-corrected chi connectivity index (χ4v) is 3.44. The van der Waals surface area contributed by atoms with Gasteiger partial charge in [0.2, 0.25) is 0 Å². The first-order valence-electron chi connectivity index (χ1n) is 6.50. The van der Waals surface area contributed by atoms with Gasteiger partial charge in [0.05, 0.1) is 11.4 Å². The van der Waals surface area contributed by atoms with E-state index in [1.165, 1.54) is 11.3 Å². The Balaban J connectivity index is 2.79. The second-order valence-electron chi connectivity index (χ2n) is 4.62. The quantitative estimate of drug-likeness (QED) is 0.875. The number of aromatic amines is 1. The number of anilines is 2. The van der Waals surface area contributed by atoms with Gasteiger partial charge in [0.1, 0.15) is 10.3 Å². The number of Topliss-reactive ketones (excluding diaryl/α,β-unsaturated/α-hetero) is 1. The molecule has 5 heteroatoms. The smallest absolute Gasteiger partial charge is 0.272 e. The van der Waals surface area contributed by atoms with Gasteiger partial charge in [-0.2, -0.15) is 4.98 Å². The Kier molecular flexibility index (Phi) is 3.75.